The highest BCUT2D eigenvalue weighted by Crippen LogP contribution is 2.32. The Morgan fingerprint density at radius 2 is 1.81 bits per heavy atom. The van der Waals surface area contributed by atoms with Gasteiger partial charge in [0.1, 0.15) is 10.6 Å². The SMILES string of the molecule is CC(C)N(Cc1cccc(OS(=O)(=O)c2cccc(C(F)(F)F)c2)c1)C(=O)C1CCC1. The summed E-state index contributed by atoms with van der Waals surface area (Å²) in [5, 5.41) is 0. The molecule has 9 heteroatoms. The Balaban J connectivity index is 1.79. The maximum Gasteiger partial charge on any atom is 0.416 e. The van der Waals surface area contributed by atoms with Gasteiger partial charge in [0.25, 0.3) is 0 Å². The van der Waals surface area contributed by atoms with E-state index in [9.17, 15) is 26.4 Å². The molecule has 0 atom stereocenters. The molecule has 0 unspecified atom stereocenters. The smallest absolute Gasteiger partial charge is 0.379 e. The van der Waals surface area contributed by atoms with Gasteiger partial charge in [0.05, 0.1) is 5.56 Å². The van der Waals surface area contributed by atoms with E-state index in [1.165, 1.54) is 12.1 Å². The molecule has 1 aliphatic carbocycles. The minimum absolute atomic E-state index is 0.0307. The van der Waals surface area contributed by atoms with E-state index in [-0.39, 0.29) is 30.2 Å². The van der Waals surface area contributed by atoms with E-state index >= 15 is 0 Å². The third-order valence-corrected chi connectivity index (χ3v) is 6.51. The van der Waals surface area contributed by atoms with Crippen molar-refractivity contribution in [2.24, 2.45) is 5.92 Å². The summed E-state index contributed by atoms with van der Waals surface area (Å²) in [6, 6.07) is 9.57. The molecule has 0 heterocycles. The monoisotopic (exact) mass is 455 g/mol. The van der Waals surface area contributed by atoms with Crippen LogP contribution in [-0.2, 0) is 27.6 Å². The van der Waals surface area contributed by atoms with Gasteiger partial charge < -0.3 is 9.08 Å². The van der Waals surface area contributed by atoms with Crippen molar-refractivity contribution in [3.63, 3.8) is 0 Å². The molecule has 0 aromatic heterocycles. The van der Waals surface area contributed by atoms with Crippen LogP contribution in [-0.4, -0.2) is 25.3 Å². The van der Waals surface area contributed by atoms with Gasteiger partial charge in [0.2, 0.25) is 5.91 Å². The van der Waals surface area contributed by atoms with Crippen molar-refractivity contribution in [2.75, 3.05) is 0 Å². The summed E-state index contributed by atoms with van der Waals surface area (Å²) < 4.78 is 68.8. The number of carbonyl (C=O) groups is 1. The number of nitrogens with zero attached hydrogens (tertiary/aromatic N) is 1. The molecule has 1 saturated carbocycles. The first-order valence-corrected chi connectivity index (χ1v) is 11.4. The van der Waals surface area contributed by atoms with Crippen LogP contribution in [0, 0.1) is 5.92 Å². The summed E-state index contributed by atoms with van der Waals surface area (Å²) in [6.45, 7) is 4.11. The second-order valence-corrected chi connectivity index (χ2v) is 9.44. The van der Waals surface area contributed by atoms with E-state index in [2.05, 4.69) is 0 Å². The molecule has 0 saturated heterocycles. The molecule has 0 N–H and O–H groups in total. The Morgan fingerprint density at radius 1 is 1.13 bits per heavy atom. The summed E-state index contributed by atoms with van der Waals surface area (Å²) in [7, 11) is -4.46. The Bertz CT molecular complexity index is 1050. The first kappa shape index (κ1) is 23.1. The molecule has 2 aromatic rings. The number of hydrogen-bond donors (Lipinski definition) is 0. The fraction of sp³-hybridized carbons (Fsp3) is 0.409. The number of alkyl halides is 3. The lowest BCUT2D eigenvalue weighted by molar-refractivity contribution is -0.140. The summed E-state index contributed by atoms with van der Waals surface area (Å²) in [5.74, 6) is 0.0713. The predicted molar refractivity (Wildman–Crippen MR) is 109 cm³/mol. The molecule has 31 heavy (non-hydrogen) atoms. The molecule has 3 rings (SSSR count). The highest BCUT2D eigenvalue weighted by Gasteiger charge is 2.32. The van der Waals surface area contributed by atoms with Crippen LogP contribution in [0.2, 0.25) is 0 Å². The average molecular weight is 455 g/mol. The summed E-state index contributed by atoms with van der Waals surface area (Å²) in [5.41, 5.74) is -0.411. The van der Waals surface area contributed by atoms with Crippen LogP contribution < -0.4 is 4.18 Å². The zero-order chi connectivity index (χ0) is 22.8. The van der Waals surface area contributed by atoms with Gasteiger partial charge in [-0.25, -0.2) is 0 Å². The summed E-state index contributed by atoms with van der Waals surface area (Å²) in [4.78, 5) is 13.8. The molecule has 1 fully saturated rings. The number of amides is 1. The molecule has 0 aliphatic heterocycles. The van der Waals surface area contributed by atoms with Gasteiger partial charge in [0.15, 0.2) is 0 Å². The molecule has 0 radical (unpaired) electrons. The van der Waals surface area contributed by atoms with Gasteiger partial charge in [0, 0.05) is 18.5 Å². The fourth-order valence-corrected chi connectivity index (χ4v) is 4.27. The standard InChI is InChI=1S/C22H24F3NO4S/c1-15(2)26(21(27)17-7-4-8-17)14-16-6-3-10-19(12-16)30-31(28,29)20-11-5-9-18(13-20)22(23,24)25/h3,5-6,9-13,15,17H,4,7-8,14H2,1-2H3. The second kappa shape index (κ2) is 8.90. The summed E-state index contributed by atoms with van der Waals surface area (Å²) >= 11 is 0. The number of benzene rings is 2. The zero-order valence-corrected chi connectivity index (χ0v) is 18.0. The maximum absolute atomic E-state index is 12.9. The Labute approximate surface area is 179 Å². The van der Waals surface area contributed by atoms with Crippen LogP contribution in [0.25, 0.3) is 0 Å². The van der Waals surface area contributed by atoms with E-state index in [1.54, 1.807) is 17.0 Å². The maximum atomic E-state index is 12.9. The highest BCUT2D eigenvalue weighted by atomic mass is 32.2. The lowest BCUT2D eigenvalue weighted by Gasteiger charge is -2.34. The molecular formula is C22H24F3NO4S. The first-order valence-electron chi connectivity index (χ1n) is 9.98. The van der Waals surface area contributed by atoms with Crippen LogP contribution in [0.15, 0.2) is 53.4 Å². The fourth-order valence-electron chi connectivity index (χ4n) is 3.30. The average Bonchev–Trinajstić information content (AvgIpc) is 2.64. The van der Waals surface area contributed by atoms with Crippen LogP contribution in [0.3, 0.4) is 0 Å². The normalized spacial score (nSPS) is 14.9. The van der Waals surface area contributed by atoms with Crippen LogP contribution in [0.5, 0.6) is 5.75 Å². The minimum atomic E-state index is -4.67. The number of rotatable bonds is 7. The van der Waals surface area contributed by atoms with E-state index in [0.717, 1.165) is 37.5 Å². The van der Waals surface area contributed by atoms with E-state index in [0.29, 0.717) is 11.6 Å². The van der Waals surface area contributed by atoms with Crippen molar-refractivity contribution in [2.45, 2.75) is 56.8 Å². The molecule has 0 spiro atoms. The van der Waals surface area contributed by atoms with Crippen molar-refractivity contribution in [3.05, 3.63) is 59.7 Å². The molecule has 1 aliphatic rings. The lowest BCUT2D eigenvalue weighted by Crippen LogP contribution is -2.42. The number of halogens is 3. The van der Waals surface area contributed by atoms with Crippen LogP contribution in [0.4, 0.5) is 13.2 Å². The summed E-state index contributed by atoms with van der Waals surface area (Å²) in [6.07, 6.45) is -1.88. The largest absolute Gasteiger partial charge is 0.416 e. The quantitative estimate of drug-likeness (QED) is 0.551. The van der Waals surface area contributed by atoms with Gasteiger partial charge in [-0.1, -0.05) is 24.6 Å². The highest BCUT2D eigenvalue weighted by molar-refractivity contribution is 7.87. The van der Waals surface area contributed by atoms with Crippen LogP contribution in [0.1, 0.15) is 44.2 Å². The Kier molecular flexibility index (Phi) is 6.64. The number of carbonyl (C=O) groups excluding carboxylic acids is 1. The third-order valence-electron chi connectivity index (χ3n) is 5.27. The zero-order valence-electron chi connectivity index (χ0n) is 17.2. The van der Waals surface area contributed by atoms with Crippen molar-refractivity contribution < 1.29 is 30.6 Å². The van der Waals surface area contributed by atoms with Gasteiger partial charge in [-0.15, -0.1) is 0 Å². The van der Waals surface area contributed by atoms with E-state index in [1.807, 2.05) is 13.8 Å². The minimum Gasteiger partial charge on any atom is -0.379 e. The van der Waals surface area contributed by atoms with Crippen molar-refractivity contribution >= 4 is 16.0 Å². The van der Waals surface area contributed by atoms with E-state index in [4.69, 9.17) is 4.18 Å². The number of hydrogen-bond acceptors (Lipinski definition) is 4. The molecule has 168 valence electrons. The molecule has 5 nitrogen and oxygen atoms in total. The predicted octanol–water partition coefficient (Wildman–Crippen LogP) is 5.01. The van der Waals surface area contributed by atoms with Crippen LogP contribution >= 0.6 is 0 Å². The van der Waals surface area contributed by atoms with E-state index < -0.39 is 26.8 Å². The molecule has 1 amide bonds. The van der Waals surface area contributed by atoms with Crippen molar-refractivity contribution in [1.82, 2.24) is 4.90 Å². The molecular weight excluding hydrogens is 431 g/mol. The van der Waals surface area contributed by atoms with Gasteiger partial charge in [-0.2, -0.15) is 21.6 Å². The Morgan fingerprint density at radius 3 is 2.39 bits per heavy atom. The molecule has 2 aromatic carbocycles. The Hall–Kier alpha value is -2.55. The van der Waals surface area contributed by atoms with Crippen molar-refractivity contribution in [1.29, 1.82) is 0 Å². The van der Waals surface area contributed by atoms with Crippen molar-refractivity contribution in [3.8, 4) is 5.75 Å². The third kappa shape index (κ3) is 5.58. The topological polar surface area (TPSA) is 63.7 Å². The molecule has 0 bridgehead atoms. The van der Waals surface area contributed by atoms with Gasteiger partial charge in [-0.05, 0) is 62.6 Å². The van der Waals surface area contributed by atoms with Gasteiger partial charge in [-0.3, -0.25) is 4.79 Å². The first-order chi connectivity index (χ1) is 14.5. The van der Waals surface area contributed by atoms with Gasteiger partial charge >= 0.3 is 16.3 Å². The second-order valence-electron chi connectivity index (χ2n) is 7.90. The lowest BCUT2D eigenvalue weighted by atomic mass is 9.84.